The molecule has 2 aliphatic rings. The molecule has 2 unspecified atom stereocenters. The van der Waals surface area contributed by atoms with E-state index in [0.29, 0.717) is 0 Å². The van der Waals surface area contributed by atoms with Crippen LogP contribution in [0, 0.1) is 11.8 Å². The molecular weight excluding hydrogens is 342 g/mol. The second-order valence-electron chi connectivity index (χ2n) is 5.59. The van der Waals surface area contributed by atoms with Gasteiger partial charge in [-0.25, -0.2) is 0 Å². The lowest BCUT2D eigenvalue weighted by Crippen LogP contribution is -2.41. The number of halogens is 1. The Morgan fingerprint density at radius 1 is 1.38 bits per heavy atom. The molecule has 21 heavy (non-hydrogen) atoms. The second kappa shape index (κ2) is 6.27. The Hall–Kier alpha value is -1.21. The summed E-state index contributed by atoms with van der Waals surface area (Å²) in [5, 5.41) is 2.68. The Labute approximate surface area is 131 Å². The van der Waals surface area contributed by atoms with E-state index in [4.69, 9.17) is 9.47 Å². The van der Waals surface area contributed by atoms with Crippen molar-refractivity contribution in [2.45, 2.75) is 30.4 Å². The highest BCUT2D eigenvalue weighted by Crippen LogP contribution is 2.37. The van der Waals surface area contributed by atoms with Crippen molar-refractivity contribution in [3.05, 3.63) is 12.2 Å². The predicted octanol–water partition coefficient (Wildman–Crippen LogP) is 0.588. The van der Waals surface area contributed by atoms with Gasteiger partial charge in [0.25, 0.3) is 0 Å². The minimum absolute atomic E-state index is 0.0862. The minimum Gasteiger partial charge on any atom is -0.463 e. The number of esters is 1. The maximum Gasteiger partial charge on any atom is 0.322 e. The molecule has 6 nitrogen and oxygen atoms in total. The zero-order valence-corrected chi connectivity index (χ0v) is 13.5. The largest absolute Gasteiger partial charge is 0.463 e. The summed E-state index contributed by atoms with van der Waals surface area (Å²) in [7, 11) is 0. The molecule has 7 heteroatoms. The Balaban J connectivity index is 1.77. The van der Waals surface area contributed by atoms with E-state index in [-0.39, 0.29) is 31.3 Å². The molecule has 4 atom stereocenters. The number of hydrogen-bond acceptors (Lipinski definition) is 5. The zero-order valence-electron chi connectivity index (χ0n) is 11.9. The first-order valence-electron chi connectivity index (χ1n) is 6.77. The van der Waals surface area contributed by atoms with Crippen LogP contribution in [0.2, 0.25) is 0 Å². The third-order valence-electron chi connectivity index (χ3n) is 3.53. The number of carbonyl (C=O) groups is 3. The van der Waals surface area contributed by atoms with Gasteiger partial charge in [-0.1, -0.05) is 28.1 Å². The number of amides is 1. The van der Waals surface area contributed by atoms with Crippen molar-refractivity contribution >= 4 is 34.1 Å². The summed E-state index contributed by atoms with van der Waals surface area (Å²) in [6, 6.07) is 0. The smallest absolute Gasteiger partial charge is 0.322 e. The van der Waals surface area contributed by atoms with Crippen LogP contribution in [0.25, 0.3) is 0 Å². The van der Waals surface area contributed by atoms with Crippen molar-refractivity contribution in [3.63, 3.8) is 0 Å². The number of fused-ring (bicyclic) bond motifs is 2. The topological polar surface area (TPSA) is 81.7 Å². The van der Waals surface area contributed by atoms with Crippen LogP contribution < -0.4 is 5.32 Å². The van der Waals surface area contributed by atoms with Gasteiger partial charge >= 0.3 is 5.97 Å². The Bertz CT molecular complexity index is 470. The highest BCUT2D eigenvalue weighted by Gasteiger charge is 2.49. The third-order valence-corrected chi connectivity index (χ3v) is 3.86. The maximum atomic E-state index is 12.1. The summed E-state index contributed by atoms with van der Waals surface area (Å²) in [6.45, 7) is 3.66. The van der Waals surface area contributed by atoms with E-state index in [1.165, 1.54) is 0 Å². The molecule has 1 N–H and O–H groups in total. The van der Waals surface area contributed by atoms with E-state index >= 15 is 0 Å². The Morgan fingerprint density at radius 2 is 2.05 bits per heavy atom. The summed E-state index contributed by atoms with van der Waals surface area (Å²) in [5.41, 5.74) is 0. The maximum absolute atomic E-state index is 12.1. The molecule has 0 aliphatic carbocycles. The van der Waals surface area contributed by atoms with Crippen LogP contribution in [-0.2, 0) is 23.9 Å². The first-order valence-corrected chi connectivity index (χ1v) is 7.57. The van der Waals surface area contributed by atoms with Gasteiger partial charge in [-0.2, -0.15) is 0 Å². The number of nitrogens with one attached hydrogen (secondary N) is 1. The number of alkyl halides is 1. The van der Waals surface area contributed by atoms with Gasteiger partial charge in [0.05, 0.1) is 30.6 Å². The van der Waals surface area contributed by atoms with Gasteiger partial charge in [-0.05, 0) is 13.8 Å². The van der Waals surface area contributed by atoms with Crippen LogP contribution in [0.15, 0.2) is 12.2 Å². The van der Waals surface area contributed by atoms with Gasteiger partial charge in [0.15, 0.2) is 0 Å². The van der Waals surface area contributed by atoms with Gasteiger partial charge in [0.1, 0.15) is 17.2 Å². The summed E-state index contributed by atoms with van der Waals surface area (Å²) < 4.78 is 9.78. The molecular formula is C14H18BrNO5. The molecule has 0 spiro atoms. The fourth-order valence-corrected chi connectivity index (χ4v) is 2.55. The van der Waals surface area contributed by atoms with E-state index in [1.807, 2.05) is 12.2 Å². The minimum atomic E-state index is -0.747. The molecule has 0 aromatic heterocycles. The first kappa shape index (κ1) is 16.2. The third kappa shape index (κ3) is 3.52. The molecule has 1 fully saturated rings. The lowest BCUT2D eigenvalue weighted by molar-refractivity contribution is -0.145. The van der Waals surface area contributed by atoms with E-state index in [2.05, 4.69) is 21.2 Å². The van der Waals surface area contributed by atoms with E-state index in [0.717, 1.165) is 6.29 Å². The van der Waals surface area contributed by atoms with Crippen LogP contribution in [0.5, 0.6) is 0 Å². The average Bonchev–Trinajstić information content (AvgIpc) is 3.01. The molecule has 2 heterocycles. The van der Waals surface area contributed by atoms with Crippen LogP contribution >= 0.6 is 15.9 Å². The Morgan fingerprint density at radius 3 is 2.67 bits per heavy atom. The van der Waals surface area contributed by atoms with Crippen LogP contribution in [0.4, 0.5) is 0 Å². The van der Waals surface area contributed by atoms with E-state index in [1.54, 1.807) is 13.8 Å². The molecule has 2 aliphatic heterocycles. The predicted molar refractivity (Wildman–Crippen MR) is 77.8 cm³/mol. The van der Waals surface area contributed by atoms with Gasteiger partial charge in [-0.15, -0.1) is 0 Å². The lowest BCUT2D eigenvalue weighted by Gasteiger charge is -2.20. The summed E-state index contributed by atoms with van der Waals surface area (Å²) in [5.74, 6) is -1.59. The van der Waals surface area contributed by atoms with E-state index in [9.17, 15) is 14.4 Å². The molecule has 0 radical (unpaired) electrons. The molecule has 1 amide bonds. The number of carbonyl (C=O) groups excluding carboxylic acids is 3. The number of ether oxygens (including phenoxy) is 2. The van der Waals surface area contributed by atoms with Crippen LogP contribution in [-0.4, -0.2) is 47.8 Å². The number of hydrogen-bond donors (Lipinski definition) is 1. The van der Waals surface area contributed by atoms with Crippen molar-refractivity contribution in [1.29, 1.82) is 0 Å². The number of rotatable bonds is 6. The molecule has 0 aromatic carbocycles. The standard InChI is InChI=1S/C14H18BrNO5/c1-14(2,15)13(19)20-6-5-16-12(18)11-8(7-17)9-3-4-10(11)21-9/h3-4,7-11H,5-6H2,1-2H3,(H,16,18)/t8-,9?,10?,11-/m1/s1. The van der Waals surface area contributed by atoms with Crippen molar-refractivity contribution < 1.29 is 23.9 Å². The van der Waals surface area contributed by atoms with Crippen LogP contribution in [0.3, 0.4) is 0 Å². The highest BCUT2D eigenvalue weighted by molar-refractivity contribution is 9.10. The van der Waals surface area contributed by atoms with Gasteiger partial charge in [0.2, 0.25) is 5.91 Å². The van der Waals surface area contributed by atoms with Crippen molar-refractivity contribution in [2.75, 3.05) is 13.2 Å². The molecule has 2 bridgehead atoms. The summed E-state index contributed by atoms with van der Waals surface area (Å²) in [4.78, 5) is 34.7. The van der Waals surface area contributed by atoms with Gasteiger partial charge in [0, 0.05) is 0 Å². The quantitative estimate of drug-likeness (QED) is 0.247. The van der Waals surface area contributed by atoms with Crippen LogP contribution in [0.1, 0.15) is 13.8 Å². The first-order chi connectivity index (χ1) is 9.84. The fraction of sp³-hybridized carbons (Fsp3) is 0.643. The summed E-state index contributed by atoms with van der Waals surface area (Å²) in [6.07, 6.45) is 3.76. The highest BCUT2D eigenvalue weighted by atomic mass is 79.9. The molecule has 0 aromatic rings. The monoisotopic (exact) mass is 359 g/mol. The lowest BCUT2D eigenvalue weighted by atomic mass is 9.83. The average molecular weight is 360 g/mol. The molecule has 2 rings (SSSR count). The molecule has 1 saturated heterocycles. The van der Waals surface area contributed by atoms with Crippen molar-refractivity contribution in [3.8, 4) is 0 Å². The fourth-order valence-electron chi connectivity index (χ4n) is 2.43. The van der Waals surface area contributed by atoms with Gasteiger partial charge in [-0.3, -0.25) is 9.59 Å². The van der Waals surface area contributed by atoms with Crippen molar-refractivity contribution in [1.82, 2.24) is 5.32 Å². The Kier molecular flexibility index (Phi) is 4.83. The second-order valence-corrected chi connectivity index (χ2v) is 7.57. The van der Waals surface area contributed by atoms with Gasteiger partial charge < -0.3 is 19.6 Å². The molecule has 0 saturated carbocycles. The number of aldehydes is 1. The van der Waals surface area contributed by atoms with Crippen molar-refractivity contribution in [2.24, 2.45) is 11.8 Å². The zero-order chi connectivity index (χ0) is 15.6. The normalized spacial score (nSPS) is 30.2. The molecule has 116 valence electrons. The van der Waals surface area contributed by atoms with E-state index < -0.39 is 22.1 Å². The SMILES string of the molecule is CC(C)(Br)C(=O)OCCNC(=O)[C@H]1C2C=CC(O2)[C@H]1C=O. The summed E-state index contributed by atoms with van der Waals surface area (Å²) >= 11 is 3.19.